The topological polar surface area (TPSA) is 84.2 Å². The predicted octanol–water partition coefficient (Wildman–Crippen LogP) is 1.43. The van der Waals surface area contributed by atoms with E-state index in [1.54, 1.807) is 18.2 Å². The van der Waals surface area contributed by atoms with Crippen LogP contribution in [0.2, 0.25) is 0 Å². The second kappa shape index (κ2) is 5.73. The number of aryl methyl sites for hydroxylation is 1. The maximum Gasteiger partial charge on any atom is 0.335 e. The Morgan fingerprint density at radius 1 is 1.40 bits per heavy atom. The number of nitrogens with zero attached hydrogens (tertiary/aromatic N) is 2. The van der Waals surface area contributed by atoms with Crippen molar-refractivity contribution in [3.63, 3.8) is 0 Å². The maximum atomic E-state index is 11.0. The van der Waals surface area contributed by atoms with Gasteiger partial charge in [0.25, 0.3) is 0 Å². The number of carbonyl (C=O) groups is 2. The first-order chi connectivity index (χ1) is 9.52. The van der Waals surface area contributed by atoms with E-state index in [-0.39, 0.29) is 11.5 Å². The molecule has 1 aromatic carbocycles. The summed E-state index contributed by atoms with van der Waals surface area (Å²) < 4.78 is 2.03. The standard InChI is InChI=1S/C14H17N3O3/c1-3-17-12-5-4-10(14(19)20)8-11(12)16-13(17)6-7-15-9(2)18/h4-5,8H,3,6-7H2,1-2H3,(H,15,18)(H,19,20). The summed E-state index contributed by atoms with van der Waals surface area (Å²) in [6.45, 7) is 4.75. The van der Waals surface area contributed by atoms with Crippen molar-refractivity contribution in [2.75, 3.05) is 6.54 Å². The van der Waals surface area contributed by atoms with Crippen molar-refractivity contribution in [2.45, 2.75) is 26.8 Å². The monoisotopic (exact) mass is 275 g/mol. The fraction of sp³-hybridized carbons (Fsp3) is 0.357. The fourth-order valence-corrected chi connectivity index (χ4v) is 2.21. The van der Waals surface area contributed by atoms with E-state index in [0.29, 0.717) is 18.5 Å². The molecule has 0 aliphatic rings. The number of amides is 1. The van der Waals surface area contributed by atoms with Gasteiger partial charge < -0.3 is 15.0 Å². The van der Waals surface area contributed by atoms with Crippen LogP contribution in [0.3, 0.4) is 0 Å². The average molecular weight is 275 g/mol. The van der Waals surface area contributed by atoms with Crippen LogP contribution in [-0.4, -0.2) is 33.1 Å². The minimum absolute atomic E-state index is 0.0719. The molecule has 0 saturated carbocycles. The fourth-order valence-electron chi connectivity index (χ4n) is 2.21. The molecule has 2 rings (SSSR count). The molecule has 0 radical (unpaired) electrons. The zero-order valence-electron chi connectivity index (χ0n) is 11.5. The first-order valence-corrected chi connectivity index (χ1v) is 6.49. The maximum absolute atomic E-state index is 11.0. The van der Waals surface area contributed by atoms with E-state index >= 15 is 0 Å². The van der Waals surface area contributed by atoms with E-state index in [4.69, 9.17) is 5.11 Å². The molecule has 0 aliphatic heterocycles. The van der Waals surface area contributed by atoms with Crippen LogP contribution >= 0.6 is 0 Å². The van der Waals surface area contributed by atoms with E-state index in [1.165, 1.54) is 6.92 Å². The van der Waals surface area contributed by atoms with E-state index in [9.17, 15) is 9.59 Å². The normalized spacial score (nSPS) is 10.7. The van der Waals surface area contributed by atoms with Crippen molar-refractivity contribution in [3.8, 4) is 0 Å². The molecule has 0 aliphatic carbocycles. The lowest BCUT2D eigenvalue weighted by molar-refractivity contribution is -0.118. The number of carboxylic acid groups (broad SMARTS) is 1. The largest absolute Gasteiger partial charge is 0.478 e. The first kappa shape index (κ1) is 14.0. The third-order valence-corrected chi connectivity index (χ3v) is 3.11. The van der Waals surface area contributed by atoms with Crippen LogP contribution in [0, 0.1) is 0 Å². The summed E-state index contributed by atoms with van der Waals surface area (Å²) in [5.41, 5.74) is 1.81. The number of aromatic carboxylic acids is 1. The Morgan fingerprint density at radius 2 is 2.15 bits per heavy atom. The lowest BCUT2D eigenvalue weighted by Gasteiger charge is -2.06. The molecule has 1 heterocycles. The van der Waals surface area contributed by atoms with Gasteiger partial charge in [-0.2, -0.15) is 0 Å². The lowest BCUT2D eigenvalue weighted by Crippen LogP contribution is -2.23. The van der Waals surface area contributed by atoms with E-state index in [1.807, 2.05) is 11.5 Å². The molecule has 0 spiro atoms. The number of aromatic nitrogens is 2. The van der Waals surface area contributed by atoms with Crippen molar-refractivity contribution in [2.24, 2.45) is 0 Å². The van der Waals surface area contributed by atoms with Crippen LogP contribution in [0.25, 0.3) is 11.0 Å². The Labute approximate surface area is 116 Å². The van der Waals surface area contributed by atoms with Crippen molar-refractivity contribution in [3.05, 3.63) is 29.6 Å². The van der Waals surface area contributed by atoms with Gasteiger partial charge in [0.1, 0.15) is 5.82 Å². The minimum atomic E-state index is -0.960. The summed E-state index contributed by atoms with van der Waals surface area (Å²) in [7, 11) is 0. The van der Waals surface area contributed by atoms with Crippen molar-refractivity contribution >= 4 is 22.9 Å². The molecule has 20 heavy (non-hydrogen) atoms. The second-order valence-electron chi connectivity index (χ2n) is 4.51. The summed E-state index contributed by atoms with van der Waals surface area (Å²) >= 11 is 0. The molecule has 106 valence electrons. The number of nitrogens with one attached hydrogen (secondary N) is 1. The van der Waals surface area contributed by atoms with Gasteiger partial charge in [-0.25, -0.2) is 9.78 Å². The number of carbonyl (C=O) groups excluding carboxylic acids is 1. The molecule has 0 saturated heterocycles. The highest BCUT2D eigenvalue weighted by molar-refractivity contribution is 5.92. The van der Waals surface area contributed by atoms with Crippen LogP contribution in [0.1, 0.15) is 30.0 Å². The van der Waals surface area contributed by atoms with Gasteiger partial charge in [0.2, 0.25) is 5.91 Å². The van der Waals surface area contributed by atoms with E-state index < -0.39 is 5.97 Å². The molecular weight excluding hydrogens is 258 g/mol. The van der Waals surface area contributed by atoms with Gasteiger partial charge in [-0.05, 0) is 25.1 Å². The van der Waals surface area contributed by atoms with Crippen LogP contribution in [0.15, 0.2) is 18.2 Å². The highest BCUT2D eigenvalue weighted by Gasteiger charge is 2.12. The van der Waals surface area contributed by atoms with E-state index in [2.05, 4.69) is 10.3 Å². The third-order valence-electron chi connectivity index (χ3n) is 3.11. The van der Waals surface area contributed by atoms with Crippen LogP contribution in [0.4, 0.5) is 0 Å². The number of imidazole rings is 1. The van der Waals surface area contributed by atoms with Crippen molar-refractivity contribution < 1.29 is 14.7 Å². The molecule has 2 N–H and O–H groups in total. The summed E-state index contributed by atoms with van der Waals surface area (Å²) in [5, 5.41) is 11.7. The number of fused-ring (bicyclic) bond motifs is 1. The smallest absolute Gasteiger partial charge is 0.335 e. The molecule has 6 heteroatoms. The number of rotatable bonds is 5. The Balaban J connectivity index is 2.34. The Hall–Kier alpha value is -2.37. The summed E-state index contributed by atoms with van der Waals surface area (Å²) in [4.78, 5) is 26.3. The SMILES string of the molecule is CCn1c(CCNC(C)=O)nc2cc(C(=O)O)ccc21. The minimum Gasteiger partial charge on any atom is -0.478 e. The highest BCUT2D eigenvalue weighted by Crippen LogP contribution is 2.18. The number of hydrogen-bond donors (Lipinski definition) is 2. The summed E-state index contributed by atoms with van der Waals surface area (Å²) in [5.74, 6) is -0.186. The lowest BCUT2D eigenvalue weighted by atomic mass is 10.2. The predicted molar refractivity (Wildman–Crippen MR) is 74.8 cm³/mol. The van der Waals surface area contributed by atoms with Crippen molar-refractivity contribution in [1.82, 2.24) is 14.9 Å². The molecule has 0 atom stereocenters. The van der Waals surface area contributed by atoms with Gasteiger partial charge in [0, 0.05) is 26.4 Å². The van der Waals surface area contributed by atoms with Gasteiger partial charge in [-0.15, -0.1) is 0 Å². The van der Waals surface area contributed by atoms with Crippen LogP contribution < -0.4 is 5.32 Å². The number of hydrogen-bond acceptors (Lipinski definition) is 3. The Bertz CT molecular complexity index is 661. The average Bonchev–Trinajstić information content (AvgIpc) is 2.74. The first-order valence-electron chi connectivity index (χ1n) is 6.49. The summed E-state index contributed by atoms with van der Waals surface area (Å²) in [6, 6.07) is 4.93. The van der Waals surface area contributed by atoms with Gasteiger partial charge in [0.05, 0.1) is 16.6 Å². The molecule has 1 amide bonds. The molecule has 0 bridgehead atoms. The van der Waals surface area contributed by atoms with E-state index in [0.717, 1.165) is 17.9 Å². The van der Waals surface area contributed by atoms with Gasteiger partial charge in [-0.3, -0.25) is 4.79 Å². The molecule has 0 fully saturated rings. The zero-order valence-corrected chi connectivity index (χ0v) is 11.5. The van der Waals surface area contributed by atoms with Gasteiger partial charge in [-0.1, -0.05) is 0 Å². The molecule has 6 nitrogen and oxygen atoms in total. The second-order valence-corrected chi connectivity index (χ2v) is 4.51. The Morgan fingerprint density at radius 3 is 2.75 bits per heavy atom. The van der Waals surface area contributed by atoms with Gasteiger partial charge >= 0.3 is 5.97 Å². The highest BCUT2D eigenvalue weighted by atomic mass is 16.4. The molecular formula is C14H17N3O3. The quantitative estimate of drug-likeness (QED) is 0.864. The zero-order chi connectivity index (χ0) is 14.7. The van der Waals surface area contributed by atoms with Crippen LogP contribution in [0.5, 0.6) is 0 Å². The molecule has 2 aromatic rings. The summed E-state index contributed by atoms with van der Waals surface area (Å²) in [6.07, 6.45) is 0.616. The van der Waals surface area contributed by atoms with Crippen molar-refractivity contribution in [1.29, 1.82) is 0 Å². The molecule has 0 unspecified atom stereocenters. The number of carboxylic acids is 1. The molecule has 1 aromatic heterocycles. The van der Waals surface area contributed by atoms with Crippen LogP contribution in [-0.2, 0) is 17.8 Å². The Kier molecular flexibility index (Phi) is 4.02. The number of benzene rings is 1. The third kappa shape index (κ3) is 2.79. The van der Waals surface area contributed by atoms with Gasteiger partial charge in [0.15, 0.2) is 0 Å².